The largest absolute Gasteiger partial charge is 0.393 e. The molecule has 3 rings (SSSR count). The molecule has 1 amide bonds. The summed E-state index contributed by atoms with van der Waals surface area (Å²) in [6, 6.07) is 11.5. The third-order valence-electron chi connectivity index (χ3n) is 3.97. The van der Waals surface area contributed by atoms with E-state index >= 15 is 0 Å². The summed E-state index contributed by atoms with van der Waals surface area (Å²) in [5, 5.41) is 13.7. The van der Waals surface area contributed by atoms with Crippen LogP contribution in [0.5, 0.6) is 0 Å². The molecular weight excluding hydrogens is 324 g/mol. The van der Waals surface area contributed by atoms with E-state index in [1.54, 1.807) is 6.07 Å². The van der Waals surface area contributed by atoms with Crippen LogP contribution in [-0.4, -0.2) is 37.1 Å². The van der Waals surface area contributed by atoms with Gasteiger partial charge in [0.05, 0.1) is 18.1 Å². The zero-order valence-electron chi connectivity index (χ0n) is 13.5. The van der Waals surface area contributed by atoms with Crippen molar-refractivity contribution in [1.82, 2.24) is 0 Å². The number of nitrogens with zero attached hydrogens (tertiary/aromatic N) is 2. The van der Waals surface area contributed by atoms with Crippen molar-refractivity contribution >= 4 is 28.7 Å². The zero-order valence-corrected chi connectivity index (χ0v) is 13.5. The van der Waals surface area contributed by atoms with E-state index in [4.69, 9.17) is 10.5 Å². The van der Waals surface area contributed by atoms with Crippen LogP contribution in [0.2, 0.25) is 0 Å². The highest BCUT2D eigenvalue weighted by Crippen LogP contribution is 2.24. The Kier molecular flexibility index (Phi) is 4.80. The molecule has 2 aromatic rings. The molecule has 0 atom stereocenters. The molecule has 1 aliphatic heterocycles. The minimum absolute atomic E-state index is 0.0239. The molecule has 8 heteroatoms. The number of benzene rings is 2. The number of carbonyl (C=O) groups excluding carboxylic acids is 1. The molecule has 25 heavy (non-hydrogen) atoms. The van der Waals surface area contributed by atoms with E-state index in [9.17, 15) is 14.9 Å². The quantitative estimate of drug-likeness (QED) is 0.501. The molecule has 1 fully saturated rings. The van der Waals surface area contributed by atoms with Gasteiger partial charge in [0.25, 0.3) is 11.6 Å². The fourth-order valence-electron chi connectivity index (χ4n) is 2.65. The van der Waals surface area contributed by atoms with Crippen LogP contribution in [0.1, 0.15) is 10.4 Å². The Morgan fingerprint density at radius 2 is 1.96 bits per heavy atom. The van der Waals surface area contributed by atoms with Crippen LogP contribution >= 0.6 is 0 Å². The van der Waals surface area contributed by atoms with Crippen molar-refractivity contribution in [2.75, 3.05) is 42.3 Å². The van der Waals surface area contributed by atoms with Gasteiger partial charge in [-0.1, -0.05) is 6.07 Å². The molecule has 0 bridgehead atoms. The second-order valence-corrected chi connectivity index (χ2v) is 5.63. The van der Waals surface area contributed by atoms with Gasteiger partial charge in [-0.15, -0.1) is 0 Å². The predicted molar refractivity (Wildman–Crippen MR) is 94.9 cm³/mol. The van der Waals surface area contributed by atoms with Crippen LogP contribution in [0.4, 0.5) is 22.7 Å². The lowest BCUT2D eigenvalue weighted by Crippen LogP contribution is -2.36. The summed E-state index contributed by atoms with van der Waals surface area (Å²) >= 11 is 0. The summed E-state index contributed by atoms with van der Waals surface area (Å²) in [7, 11) is 0. The maximum atomic E-state index is 12.4. The normalized spacial score (nSPS) is 14.2. The number of anilines is 3. The first-order valence-electron chi connectivity index (χ1n) is 7.82. The van der Waals surface area contributed by atoms with Crippen LogP contribution in [0, 0.1) is 10.1 Å². The van der Waals surface area contributed by atoms with Gasteiger partial charge in [-0.05, 0) is 30.3 Å². The molecular formula is C17H18N4O4. The van der Waals surface area contributed by atoms with Gasteiger partial charge in [0.1, 0.15) is 5.69 Å². The summed E-state index contributed by atoms with van der Waals surface area (Å²) in [5.41, 5.74) is 7.09. The highest BCUT2D eigenvalue weighted by molar-refractivity contribution is 6.05. The Morgan fingerprint density at radius 1 is 1.20 bits per heavy atom. The Labute approximate surface area is 144 Å². The zero-order chi connectivity index (χ0) is 17.8. The van der Waals surface area contributed by atoms with Crippen molar-refractivity contribution in [1.29, 1.82) is 0 Å². The van der Waals surface area contributed by atoms with Gasteiger partial charge in [0.2, 0.25) is 0 Å². The molecule has 1 saturated heterocycles. The Bertz CT molecular complexity index is 803. The number of ether oxygens (including phenoxy) is 1. The first-order chi connectivity index (χ1) is 12.0. The Morgan fingerprint density at radius 3 is 2.68 bits per heavy atom. The van der Waals surface area contributed by atoms with Gasteiger partial charge in [0.15, 0.2) is 0 Å². The lowest BCUT2D eigenvalue weighted by molar-refractivity contribution is -0.383. The Hall–Kier alpha value is -3.13. The number of hydrogen-bond donors (Lipinski definition) is 2. The van der Waals surface area contributed by atoms with E-state index in [1.807, 2.05) is 18.2 Å². The highest BCUT2D eigenvalue weighted by atomic mass is 16.6. The molecule has 0 aromatic heterocycles. The van der Waals surface area contributed by atoms with E-state index in [1.165, 1.54) is 18.2 Å². The second-order valence-electron chi connectivity index (χ2n) is 5.63. The summed E-state index contributed by atoms with van der Waals surface area (Å²) in [5.74, 6) is -0.428. The molecule has 1 heterocycles. The Balaban J connectivity index is 1.77. The average molecular weight is 342 g/mol. The highest BCUT2D eigenvalue weighted by Gasteiger charge is 2.16. The number of nitro benzene ring substituents is 1. The smallest absolute Gasteiger partial charge is 0.292 e. The van der Waals surface area contributed by atoms with Gasteiger partial charge in [-0.2, -0.15) is 0 Å². The second kappa shape index (κ2) is 7.18. The van der Waals surface area contributed by atoms with Crippen LogP contribution in [0.25, 0.3) is 0 Å². The number of rotatable bonds is 4. The fourth-order valence-corrected chi connectivity index (χ4v) is 2.65. The molecule has 130 valence electrons. The third kappa shape index (κ3) is 3.86. The van der Waals surface area contributed by atoms with Crippen molar-refractivity contribution in [3.63, 3.8) is 0 Å². The van der Waals surface area contributed by atoms with E-state index in [0.29, 0.717) is 18.9 Å². The molecule has 0 aliphatic carbocycles. The van der Waals surface area contributed by atoms with Crippen LogP contribution in [0.15, 0.2) is 42.5 Å². The number of carbonyl (C=O) groups is 1. The van der Waals surface area contributed by atoms with Crippen molar-refractivity contribution in [3.8, 4) is 0 Å². The number of nitrogen functional groups attached to an aromatic ring is 1. The van der Waals surface area contributed by atoms with Gasteiger partial charge in [-0.25, -0.2) is 0 Å². The summed E-state index contributed by atoms with van der Waals surface area (Å²) in [6.45, 7) is 2.93. The lowest BCUT2D eigenvalue weighted by atomic mass is 10.1. The van der Waals surface area contributed by atoms with E-state index < -0.39 is 10.8 Å². The fraction of sp³-hybridized carbons (Fsp3) is 0.235. The molecule has 1 aliphatic rings. The van der Waals surface area contributed by atoms with E-state index in [2.05, 4.69) is 10.2 Å². The minimum atomic E-state index is -0.606. The van der Waals surface area contributed by atoms with Crippen molar-refractivity contribution < 1.29 is 14.5 Å². The maximum absolute atomic E-state index is 12.4. The number of nitrogens with one attached hydrogen (secondary N) is 1. The molecule has 3 N–H and O–H groups in total. The van der Waals surface area contributed by atoms with Gasteiger partial charge in [-0.3, -0.25) is 14.9 Å². The molecule has 8 nitrogen and oxygen atoms in total. The van der Waals surface area contributed by atoms with Crippen LogP contribution in [-0.2, 0) is 4.74 Å². The molecule has 0 radical (unpaired) electrons. The summed E-state index contributed by atoms with van der Waals surface area (Å²) < 4.78 is 5.34. The van der Waals surface area contributed by atoms with Crippen molar-refractivity contribution in [2.24, 2.45) is 0 Å². The monoisotopic (exact) mass is 342 g/mol. The number of nitrogens with two attached hydrogens (primary N) is 1. The molecule has 2 aromatic carbocycles. The topological polar surface area (TPSA) is 111 Å². The first-order valence-corrected chi connectivity index (χ1v) is 7.82. The van der Waals surface area contributed by atoms with Gasteiger partial charge in [0, 0.05) is 36.1 Å². The lowest BCUT2D eigenvalue weighted by Gasteiger charge is -2.29. The standard InChI is InChI=1S/C17H18N4O4/c18-15-5-4-12(10-16(15)21(23)24)17(22)19-13-2-1-3-14(11-13)20-6-8-25-9-7-20/h1-5,10-11H,6-9,18H2,(H,19,22). The van der Waals surface area contributed by atoms with E-state index in [-0.39, 0.29) is 16.9 Å². The van der Waals surface area contributed by atoms with Crippen LogP contribution in [0.3, 0.4) is 0 Å². The predicted octanol–water partition coefficient (Wildman–Crippen LogP) is 2.27. The molecule has 0 saturated carbocycles. The SMILES string of the molecule is Nc1ccc(C(=O)Nc2cccc(N3CCOCC3)c2)cc1[N+](=O)[O-]. The number of amides is 1. The third-order valence-corrected chi connectivity index (χ3v) is 3.97. The number of morpholine rings is 1. The molecule has 0 spiro atoms. The first kappa shape index (κ1) is 16.7. The van der Waals surface area contributed by atoms with E-state index in [0.717, 1.165) is 18.8 Å². The van der Waals surface area contributed by atoms with Gasteiger partial charge < -0.3 is 20.7 Å². The number of nitro groups is 1. The summed E-state index contributed by atoms with van der Waals surface area (Å²) in [4.78, 5) is 24.9. The van der Waals surface area contributed by atoms with Crippen molar-refractivity contribution in [3.05, 3.63) is 58.1 Å². The average Bonchev–Trinajstić information content (AvgIpc) is 2.62. The van der Waals surface area contributed by atoms with Gasteiger partial charge >= 0.3 is 0 Å². The molecule has 0 unspecified atom stereocenters. The van der Waals surface area contributed by atoms with Crippen molar-refractivity contribution in [2.45, 2.75) is 0 Å². The minimum Gasteiger partial charge on any atom is -0.393 e. The summed E-state index contributed by atoms with van der Waals surface area (Å²) in [6.07, 6.45) is 0. The maximum Gasteiger partial charge on any atom is 0.292 e. The van der Waals surface area contributed by atoms with Crippen LogP contribution < -0.4 is 16.0 Å². The number of hydrogen-bond acceptors (Lipinski definition) is 6.